The van der Waals surface area contributed by atoms with Crippen LogP contribution in [0, 0.1) is 13.8 Å². The van der Waals surface area contributed by atoms with Gasteiger partial charge in [0, 0.05) is 38.6 Å². The van der Waals surface area contributed by atoms with E-state index in [1.54, 1.807) is 23.4 Å². The van der Waals surface area contributed by atoms with E-state index in [4.69, 9.17) is 4.74 Å². The fourth-order valence-electron chi connectivity index (χ4n) is 2.81. The Bertz CT molecular complexity index is 715. The molecular formula is C18H23N5O2. The molecule has 1 saturated heterocycles. The fraction of sp³-hybridized carbons (Fsp3) is 0.389. The van der Waals surface area contributed by atoms with Gasteiger partial charge < -0.3 is 19.9 Å². The number of benzene rings is 1. The maximum atomic E-state index is 12.3. The summed E-state index contributed by atoms with van der Waals surface area (Å²) in [5, 5.41) is 2.81. The van der Waals surface area contributed by atoms with Gasteiger partial charge in [-0.15, -0.1) is 0 Å². The lowest BCUT2D eigenvalue weighted by molar-refractivity contribution is 0.181. The Hall–Kier alpha value is -2.83. The molecule has 1 aliphatic heterocycles. The van der Waals surface area contributed by atoms with E-state index >= 15 is 0 Å². The number of nitrogens with zero attached hydrogens (tertiary/aromatic N) is 4. The molecule has 2 aromatic rings. The zero-order valence-electron chi connectivity index (χ0n) is 14.6. The predicted molar refractivity (Wildman–Crippen MR) is 95.8 cm³/mol. The Kier molecular flexibility index (Phi) is 5.33. The van der Waals surface area contributed by atoms with Crippen molar-refractivity contribution in [2.45, 2.75) is 13.8 Å². The van der Waals surface area contributed by atoms with Crippen molar-refractivity contribution < 1.29 is 9.53 Å². The summed E-state index contributed by atoms with van der Waals surface area (Å²) in [7, 11) is 0. The van der Waals surface area contributed by atoms with E-state index in [0.717, 1.165) is 24.4 Å². The van der Waals surface area contributed by atoms with Crippen molar-refractivity contribution in [3.8, 4) is 5.75 Å². The van der Waals surface area contributed by atoms with Crippen molar-refractivity contribution in [1.29, 1.82) is 0 Å². The van der Waals surface area contributed by atoms with Crippen LogP contribution in [-0.4, -0.2) is 53.8 Å². The number of piperazine rings is 1. The highest BCUT2D eigenvalue weighted by Crippen LogP contribution is 2.18. The Balaban J connectivity index is 1.43. The van der Waals surface area contributed by atoms with E-state index in [9.17, 15) is 4.79 Å². The van der Waals surface area contributed by atoms with E-state index in [1.165, 1.54) is 5.56 Å². The maximum Gasteiger partial charge on any atom is 0.320 e. The van der Waals surface area contributed by atoms with Gasteiger partial charge in [0.15, 0.2) is 6.73 Å². The van der Waals surface area contributed by atoms with E-state index in [-0.39, 0.29) is 12.8 Å². The third kappa shape index (κ3) is 4.37. The van der Waals surface area contributed by atoms with Crippen LogP contribution >= 0.6 is 0 Å². The molecule has 2 heterocycles. The smallest absolute Gasteiger partial charge is 0.320 e. The number of aryl methyl sites for hydroxylation is 2. The number of anilines is 1. The Morgan fingerprint density at radius 2 is 1.88 bits per heavy atom. The average Bonchev–Trinajstić information content (AvgIpc) is 2.64. The summed E-state index contributed by atoms with van der Waals surface area (Å²) in [5.41, 5.74) is 2.25. The number of hydrogen-bond donors (Lipinski definition) is 1. The molecule has 0 saturated carbocycles. The average molecular weight is 341 g/mol. The van der Waals surface area contributed by atoms with E-state index < -0.39 is 0 Å². The SMILES string of the molecule is Cc1ccc(OCNC(=O)N2CCN(c3ncccn3)CC2)c(C)c1. The Morgan fingerprint density at radius 3 is 2.56 bits per heavy atom. The molecule has 7 heteroatoms. The van der Waals surface area contributed by atoms with Crippen LogP contribution in [0.1, 0.15) is 11.1 Å². The van der Waals surface area contributed by atoms with Crippen LogP contribution in [0.25, 0.3) is 0 Å². The van der Waals surface area contributed by atoms with Crippen LogP contribution in [0.3, 0.4) is 0 Å². The van der Waals surface area contributed by atoms with Gasteiger partial charge in [-0.05, 0) is 31.5 Å². The number of rotatable bonds is 4. The highest BCUT2D eigenvalue weighted by molar-refractivity contribution is 5.74. The zero-order valence-corrected chi connectivity index (χ0v) is 14.6. The van der Waals surface area contributed by atoms with Gasteiger partial charge >= 0.3 is 6.03 Å². The molecule has 25 heavy (non-hydrogen) atoms. The number of carbonyl (C=O) groups excluding carboxylic acids is 1. The molecule has 1 N–H and O–H groups in total. The van der Waals surface area contributed by atoms with Gasteiger partial charge in [-0.2, -0.15) is 0 Å². The molecule has 1 fully saturated rings. The maximum absolute atomic E-state index is 12.3. The molecular weight excluding hydrogens is 318 g/mol. The first kappa shape index (κ1) is 17.0. The summed E-state index contributed by atoms with van der Waals surface area (Å²) in [6.45, 7) is 6.89. The number of aromatic nitrogens is 2. The lowest BCUT2D eigenvalue weighted by Crippen LogP contribution is -2.52. The quantitative estimate of drug-likeness (QED) is 0.861. The number of carbonyl (C=O) groups is 1. The number of urea groups is 1. The second-order valence-electron chi connectivity index (χ2n) is 6.06. The van der Waals surface area contributed by atoms with Gasteiger partial charge in [0.2, 0.25) is 5.95 Å². The largest absolute Gasteiger partial charge is 0.473 e. The van der Waals surface area contributed by atoms with Crippen LogP contribution in [-0.2, 0) is 0 Å². The summed E-state index contributed by atoms with van der Waals surface area (Å²) >= 11 is 0. The van der Waals surface area contributed by atoms with Gasteiger partial charge in [-0.25, -0.2) is 14.8 Å². The first-order valence-electron chi connectivity index (χ1n) is 8.38. The molecule has 1 aromatic carbocycles. The number of amides is 2. The minimum absolute atomic E-state index is 0.113. The number of hydrogen-bond acceptors (Lipinski definition) is 5. The molecule has 7 nitrogen and oxygen atoms in total. The number of ether oxygens (including phenoxy) is 1. The van der Waals surface area contributed by atoms with Gasteiger partial charge in [0.25, 0.3) is 0 Å². The highest BCUT2D eigenvalue weighted by atomic mass is 16.5. The number of nitrogens with one attached hydrogen (secondary N) is 1. The Morgan fingerprint density at radius 1 is 1.16 bits per heavy atom. The van der Waals surface area contributed by atoms with Crippen molar-refractivity contribution in [1.82, 2.24) is 20.2 Å². The summed E-state index contributed by atoms with van der Waals surface area (Å²) < 4.78 is 5.65. The lowest BCUT2D eigenvalue weighted by atomic mass is 10.1. The van der Waals surface area contributed by atoms with Gasteiger partial charge in [0.05, 0.1) is 0 Å². The summed E-state index contributed by atoms with van der Waals surface area (Å²) in [5.74, 6) is 1.50. The van der Waals surface area contributed by atoms with E-state index in [1.807, 2.05) is 26.0 Å². The van der Waals surface area contributed by atoms with Crippen molar-refractivity contribution in [2.24, 2.45) is 0 Å². The third-order valence-corrected chi connectivity index (χ3v) is 4.18. The Labute approximate surface area is 147 Å². The van der Waals surface area contributed by atoms with Crippen LogP contribution in [0.5, 0.6) is 5.75 Å². The minimum atomic E-state index is -0.113. The van der Waals surface area contributed by atoms with Crippen LogP contribution in [0.15, 0.2) is 36.7 Å². The fourth-order valence-corrected chi connectivity index (χ4v) is 2.81. The topological polar surface area (TPSA) is 70.6 Å². The molecule has 0 unspecified atom stereocenters. The first-order valence-corrected chi connectivity index (χ1v) is 8.38. The van der Waals surface area contributed by atoms with E-state index in [2.05, 4.69) is 26.3 Å². The molecule has 1 aliphatic rings. The van der Waals surface area contributed by atoms with Crippen molar-refractivity contribution in [2.75, 3.05) is 37.8 Å². The third-order valence-electron chi connectivity index (χ3n) is 4.18. The second kappa shape index (κ2) is 7.83. The highest BCUT2D eigenvalue weighted by Gasteiger charge is 2.22. The molecule has 132 valence electrons. The van der Waals surface area contributed by atoms with Crippen molar-refractivity contribution >= 4 is 12.0 Å². The normalized spacial score (nSPS) is 14.3. The van der Waals surface area contributed by atoms with Crippen LogP contribution in [0.4, 0.5) is 10.7 Å². The van der Waals surface area contributed by atoms with Gasteiger partial charge in [0.1, 0.15) is 5.75 Å². The first-order chi connectivity index (χ1) is 12.1. The molecule has 0 radical (unpaired) electrons. The monoisotopic (exact) mass is 341 g/mol. The molecule has 0 atom stereocenters. The summed E-state index contributed by atoms with van der Waals surface area (Å²) in [4.78, 5) is 24.6. The predicted octanol–water partition coefficient (Wildman–Crippen LogP) is 1.96. The van der Waals surface area contributed by atoms with E-state index in [0.29, 0.717) is 19.0 Å². The molecule has 3 rings (SSSR count). The van der Waals surface area contributed by atoms with Gasteiger partial charge in [-0.3, -0.25) is 0 Å². The standard InChI is InChI=1S/C18H23N5O2/c1-14-4-5-16(15(2)12-14)25-13-21-18(24)23-10-8-22(9-11-23)17-19-6-3-7-20-17/h3-7,12H,8-11,13H2,1-2H3,(H,21,24). The van der Waals surface area contributed by atoms with Crippen LogP contribution < -0.4 is 15.0 Å². The van der Waals surface area contributed by atoms with Crippen molar-refractivity contribution in [3.05, 3.63) is 47.8 Å². The second-order valence-corrected chi connectivity index (χ2v) is 6.06. The molecule has 0 bridgehead atoms. The summed E-state index contributed by atoms with van der Waals surface area (Å²) in [6, 6.07) is 7.66. The molecule has 0 aliphatic carbocycles. The molecule has 0 spiro atoms. The summed E-state index contributed by atoms with van der Waals surface area (Å²) in [6.07, 6.45) is 3.46. The van der Waals surface area contributed by atoms with Gasteiger partial charge in [-0.1, -0.05) is 17.7 Å². The van der Waals surface area contributed by atoms with Crippen molar-refractivity contribution in [3.63, 3.8) is 0 Å². The molecule has 1 aromatic heterocycles. The minimum Gasteiger partial charge on any atom is -0.473 e. The zero-order chi connectivity index (χ0) is 17.6. The van der Waals surface area contributed by atoms with Crippen LogP contribution in [0.2, 0.25) is 0 Å². The lowest BCUT2D eigenvalue weighted by Gasteiger charge is -2.34. The molecule has 2 amide bonds.